The van der Waals surface area contributed by atoms with Crippen molar-refractivity contribution in [1.29, 1.82) is 0 Å². The van der Waals surface area contributed by atoms with Crippen molar-refractivity contribution in [2.24, 2.45) is 0 Å². The van der Waals surface area contributed by atoms with Crippen molar-refractivity contribution in [3.63, 3.8) is 0 Å². The Morgan fingerprint density at radius 1 is 0.545 bits per heavy atom. The number of aliphatic hydroxyl groups is 10. The lowest BCUT2D eigenvalue weighted by atomic mass is 9.96. The summed E-state index contributed by atoms with van der Waals surface area (Å²) >= 11 is 0. The van der Waals surface area contributed by atoms with Gasteiger partial charge < -0.3 is 74.7 Å². The predicted molar refractivity (Wildman–Crippen MR) is 99.8 cm³/mol. The highest BCUT2D eigenvalue weighted by atomic mass is 16.8. The fourth-order valence-electron chi connectivity index (χ4n) is 3.97. The zero-order valence-electron chi connectivity index (χ0n) is 17.6. The topological polar surface area (TPSA) is 248 Å². The molecule has 194 valence electrons. The van der Waals surface area contributed by atoms with Crippen LogP contribution in [0.1, 0.15) is 6.92 Å². The van der Waals surface area contributed by atoms with E-state index in [-0.39, 0.29) is 0 Å². The van der Waals surface area contributed by atoms with E-state index in [4.69, 9.17) is 23.7 Å². The van der Waals surface area contributed by atoms with Crippen LogP contribution in [-0.4, -0.2) is 156 Å². The minimum atomic E-state index is -1.88. The van der Waals surface area contributed by atoms with Gasteiger partial charge in [-0.1, -0.05) is 0 Å². The summed E-state index contributed by atoms with van der Waals surface area (Å²) in [7, 11) is 0. The molecule has 10 N–H and O–H groups in total. The number of hydrogen-bond donors (Lipinski definition) is 10. The maximum atomic E-state index is 10.6. The van der Waals surface area contributed by atoms with E-state index in [0.29, 0.717) is 0 Å². The quantitative estimate of drug-likeness (QED) is 0.167. The Balaban J connectivity index is 1.82. The van der Waals surface area contributed by atoms with Crippen molar-refractivity contribution in [3.05, 3.63) is 0 Å². The zero-order valence-corrected chi connectivity index (χ0v) is 17.6. The lowest BCUT2D eigenvalue weighted by Crippen LogP contribution is -2.66. The molecule has 0 aliphatic carbocycles. The van der Waals surface area contributed by atoms with Gasteiger partial charge in [0.25, 0.3) is 0 Å². The molecule has 3 saturated heterocycles. The Labute approximate surface area is 187 Å². The Kier molecular flexibility index (Phi) is 8.99. The minimum Gasteiger partial charge on any atom is -0.394 e. The van der Waals surface area contributed by atoms with Crippen molar-refractivity contribution in [1.82, 2.24) is 0 Å². The predicted octanol–water partition coefficient (Wildman–Crippen LogP) is -6.55. The summed E-state index contributed by atoms with van der Waals surface area (Å²) in [6, 6.07) is 0. The largest absolute Gasteiger partial charge is 0.394 e. The first-order chi connectivity index (χ1) is 15.5. The van der Waals surface area contributed by atoms with Gasteiger partial charge in [-0.05, 0) is 6.92 Å². The molecule has 0 amide bonds. The molecule has 3 aliphatic heterocycles. The molecule has 3 heterocycles. The summed E-state index contributed by atoms with van der Waals surface area (Å²) in [6.45, 7) is -0.115. The van der Waals surface area contributed by atoms with Gasteiger partial charge in [-0.3, -0.25) is 0 Å². The summed E-state index contributed by atoms with van der Waals surface area (Å²) in [4.78, 5) is 0. The lowest BCUT2D eigenvalue weighted by Gasteiger charge is -2.48. The first kappa shape index (κ1) is 27.0. The van der Waals surface area contributed by atoms with Gasteiger partial charge in [0.1, 0.15) is 67.1 Å². The summed E-state index contributed by atoms with van der Waals surface area (Å²) in [5, 5.41) is 100.0. The van der Waals surface area contributed by atoms with Crippen LogP contribution >= 0.6 is 0 Å². The van der Waals surface area contributed by atoms with Crippen LogP contribution in [0.2, 0.25) is 0 Å². The Morgan fingerprint density at radius 2 is 1.03 bits per heavy atom. The van der Waals surface area contributed by atoms with Gasteiger partial charge in [-0.2, -0.15) is 0 Å². The van der Waals surface area contributed by atoms with Crippen LogP contribution in [0.3, 0.4) is 0 Å². The van der Waals surface area contributed by atoms with Crippen LogP contribution in [0, 0.1) is 0 Å². The zero-order chi connectivity index (χ0) is 24.6. The standard InChI is InChI=1S/C18H32O15/c1-4-7(21)10(24)12(26)17(29-4)33-15-14(9(23)6(3-20)30-16(15)28)32-18-13(27)11(25)8(22)5(2-19)31-18/h4-28H,2-3H2,1H3/t4-,5-,6-,7+,8-,9-,10+,11-,12-,13-,14-,15-,16-,17+,18+/m1/s1. The molecule has 0 spiro atoms. The smallest absolute Gasteiger partial charge is 0.187 e. The van der Waals surface area contributed by atoms with E-state index in [9.17, 15) is 51.1 Å². The fourth-order valence-corrected chi connectivity index (χ4v) is 3.97. The molecule has 3 aliphatic rings. The van der Waals surface area contributed by atoms with E-state index in [1.807, 2.05) is 0 Å². The molecule has 15 atom stereocenters. The Hall–Kier alpha value is -0.600. The van der Waals surface area contributed by atoms with E-state index >= 15 is 0 Å². The third-order valence-electron chi connectivity index (χ3n) is 6.06. The average molecular weight is 488 g/mol. The van der Waals surface area contributed by atoms with E-state index in [0.717, 1.165) is 0 Å². The summed E-state index contributed by atoms with van der Waals surface area (Å²) in [6.07, 6.45) is -24.1. The molecule has 0 bridgehead atoms. The third-order valence-corrected chi connectivity index (χ3v) is 6.06. The number of ether oxygens (including phenoxy) is 5. The molecule has 0 aromatic rings. The van der Waals surface area contributed by atoms with Crippen molar-refractivity contribution >= 4 is 0 Å². The second-order valence-corrected chi connectivity index (χ2v) is 8.32. The molecule has 3 rings (SSSR count). The van der Waals surface area contributed by atoms with Crippen molar-refractivity contribution in [2.75, 3.05) is 13.2 Å². The highest BCUT2D eigenvalue weighted by Crippen LogP contribution is 2.32. The van der Waals surface area contributed by atoms with Gasteiger partial charge in [0.15, 0.2) is 18.9 Å². The van der Waals surface area contributed by atoms with Gasteiger partial charge in [0.2, 0.25) is 0 Å². The summed E-state index contributed by atoms with van der Waals surface area (Å²) in [5.41, 5.74) is 0. The van der Waals surface area contributed by atoms with Crippen molar-refractivity contribution in [2.45, 2.75) is 99.0 Å². The molecule has 0 radical (unpaired) electrons. The molecular weight excluding hydrogens is 456 g/mol. The molecular formula is C18H32O15. The first-order valence-electron chi connectivity index (χ1n) is 10.4. The minimum absolute atomic E-state index is 0.747. The molecule has 15 heteroatoms. The Bertz CT molecular complexity index is 624. The van der Waals surface area contributed by atoms with Gasteiger partial charge in [-0.15, -0.1) is 0 Å². The summed E-state index contributed by atoms with van der Waals surface area (Å²) in [5.74, 6) is 0. The number of aliphatic hydroxyl groups excluding tert-OH is 10. The van der Waals surface area contributed by atoms with Crippen LogP contribution in [0.25, 0.3) is 0 Å². The molecule has 15 nitrogen and oxygen atoms in total. The van der Waals surface area contributed by atoms with Gasteiger partial charge in [0, 0.05) is 0 Å². The van der Waals surface area contributed by atoms with E-state index in [1.54, 1.807) is 0 Å². The van der Waals surface area contributed by atoms with Gasteiger partial charge in [-0.25, -0.2) is 0 Å². The Morgan fingerprint density at radius 3 is 1.61 bits per heavy atom. The highest BCUT2D eigenvalue weighted by molar-refractivity contribution is 4.96. The molecule has 0 aromatic carbocycles. The van der Waals surface area contributed by atoms with Crippen LogP contribution in [0.15, 0.2) is 0 Å². The molecule has 0 unspecified atom stereocenters. The highest BCUT2D eigenvalue weighted by Gasteiger charge is 2.53. The van der Waals surface area contributed by atoms with Gasteiger partial charge >= 0.3 is 0 Å². The number of hydrogen-bond acceptors (Lipinski definition) is 15. The molecule has 33 heavy (non-hydrogen) atoms. The van der Waals surface area contributed by atoms with Crippen LogP contribution in [0.5, 0.6) is 0 Å². The maximum absolute atomic E-state index is 10.6. The lowest BCUT2D eigenvalue weighted by molar-refractivity contribution is -0.386. The van der Waals surface area contributed by atoms with Crippen LogP contribution in [0.4, 0.5) is 0 Å². The summed E-state index contributed by atoms with van der Waals surface area (Å²) < 4.78 is 26.7. The third kappa shape index (κ3) is 5.32. The fraction of sp³-hybridized carbons (Fsp3) is 1.00. The van der Waals surface area contributed by atoms with Crippen molar-refractivity contribution in [3.8, 4) is 0 Å². The number of rotatable bonds is 6. The maximum Gasteiger partial charge on any atom is 0.187 e. The second-order valence-electron chi connectivity index (χ2n) is 8.32. The molecule has 0 saturated carbocycles. The van der Waals surface area contributed by atoms with Gasteiger partial charge in [0.05, 0.1) is 19.3 Å². The van der Waals surface area contributed by atoms with Crippen LogP contribution in [-0.2, 0) is 23.7 Å². The molecule has 0 aromatic heterocycles. The van der Waals surface area contributed by atoms with Crippen molar-refractivity contribution < 1.29 is 74.7 Å². The van der Waals surface area contributed by atoms with Crippen LogP contribution < -0.4 is 0 Å². The monoisotopic (exact) mass is 488 g/mol. The van der Waals surface area contributed by atoms with E-state index in [2.05, 4.69) is 0 Å². The van der Waals surface area contributed by atoms with E-state index in [1.165, 1.54) is 6.92 Å². The van der Waals surface area contributed by atoms with E-state index < -0.39 is 105 Å². The molecule has 3 fully saturated rings. The first-order valence-corrected chi connectivity index (χ1v) is 10.4. The normalized spacial score (nSPS) is 53.7. The second kappa shape index (κ2) is 11.0. The SMILES string of the molecule is C[C@H]1O[C@@H](O[C@@H]2[C@H](O[C@@H]3O[C@H](CO)[C@@H](O)[C@@H](O)[C@H]3O)[C@H](O)[C@@H](CO)O[C@H]2O)[C@H](O)[C@@H](O)[C@H]1O. The average Bonchev–Trinajstić information content (AvgIpc) is 2.79.